The largest absolute Gasteiger partial charge is 0.271 e. The van der Waals surface area contributed by atoms with Gasteiger partial charge in [-0.1, -0.05) is 35.9 Å². The topological polar surface area (TPSA) is 38.0 Å². The predicted molar refractivity (Wildman–Crippen MR) is 61.1 cm³/mol. The lowest BCUT2D eigenvalue weighted by Crippen LogP contribution is -2.36. The van der Waals surface area contributed by atoms with E-state index in [9.17, 15) is 0 Å². The Bertz CT molecular complexity index is 299. The molecule has 0 saturated carbocycles. The molecule has 76 valence electrons. The predicted octanol–water partition coefficient (Wildman–Crippen LogP) is 2.29. The summed E-state index contributed by atoms with van der Waals surface area (Å²) in [6.45, 7) is 3.68. The first-order chi connectivity index (χ1) is 6.77. The lowest BCUT2D eigenvalue weighted by Gasteiger charge is -2.14. The minimum absolute atomic E-state index is 0.201. The first kappa shape index (κ1) is 11.2. The van der Waals surface area contributed by atoms with Crippen LogP contribution in [0.2, 0.25) is 5.02 Å². The summed E-state index contributed by atoms with van der Waals surface area (Å²) in [5.41, 5.74) is 3.86. The van der Waals surface area contributed by atoms with Gasteiger partial charge in [-0.25, -0.2) is 0 Å². The molecule has 0 aliphatic heterocycles. The molecule has 1 rings (SSSR count). The Kier molecular flexibility index (Phi) is 4.66. The quantitative estimate of drug-likeness (QED) is 0.445. The summed E-state index contributed by atoms with van der Waals surface area (Å²) in [4.78, 5) is 0. The van der Waals surface area contributed by atoms with Crippen LogP contribution in [0.4, 0.5) is 0 Å². The summed E-state index contributed by atoms with van der Waals surface area (Å²) < 4.78 is 0. The molecule has 0 aromatic heterocycles. The van der Waals surface area contributed by atoms with E-state index in [1.165, 1.54) is 0 Å². The van der Waals surface area contributed by atoms with Crippen LogP contribution in [0.25, 0.3) is 0 Å². The molecule has 1 unspecified atom stereocenters. The van der Waals surface area contributed by atoms with Crippen molar-refractivity contribution in [2.24, 2.45) is 5.84 Å². The average molecular weight is 211 g/mol. The summed E-state index contributed by atoms with van der Waals surface area (Å²) >= 11 is 6.03. The van der Waals surface area contributed by atoms with Gasteiger partial charge in [0.2, 0.25) is 0 Å². The van der Waals surface area contributed by atoms with Crippen LogP contribution in [0.15, 0.2) is 36.9 Å². The highest BCUT2D eigenvalue weighted by Crippen LogP contribution is 2.17. The van der Waals surface area contributed by atoms with Crippen LogP contribution in [-0.4, -0.2) is 6.04 Å². The van der Waals surface area contributed by atoms with Crippen LogP contribution < -0.4 is 11.3 Å². The summed E-state index contributed by atoms with van der Waals surface area (Å²) in [5.74, 6) is 5.42. The number of benzene rings is 1. The minimum atomic E-state index is 0.201. The van der Waals surface area contributed by atoms with Crippen molar-refractivity contribution in [2.45, 2.75) is 18.9 Å². The molecule has 0 aliphatic carbocycles. The average Bonchev–Trinajstić information content (AvgIpc) is 2.20. The van der Waals surface area contributed by atoms with Crippen LogP contribution in [0.1, 0.15) is 12.0 Å². The third-order valence-electron chi connectivity index (χ3n) is 2.11. The van der Waals surface area contributed by atoms with Gasteiger partial charge in [0.1, 0.15) is 0 Å². The molecular formula is C11H15ClN2. The standard InChI is InChI=1S/C11H15ClN2/c1-2-5-10(14-13)8-9-6-3-4-7-11(9)12/h2-4,6-7,10,14H,1,5,8,13H2. The zero-order chi connectivity index (χ0) is 10.4. The highest BCUT2D eigenvalue weighted by atomic mass is 35.5. The molecule has 0 amide bonds. The third kappa shape index (κ3) is 3.14. The van der Waals surface area contributed by atoms with E-state index in [1.807, 2.05) is 30.3 Å². The van der Waals surface area contributed by atoms with Crippen LogP contribution in [0.5, 0.6) is 0 Å². The zero-order valence-corrected chi connectivity index (χ0v) is 8.80. The molecule has 14 heavy (non-hydrogen) atoms. The normalized spacial score (nSPS) is 12.4. The van der Waals surface area contributed by atoms with Gasteiger partial charge >= 0.3 is 0 Å². The van der Waals surface area contributed by atoms with Crippen molar-refractivity contribution in [1.29, 1.82) is 0 Å². The lowest BCUT2D eigenvalue weighted by molar-refractivity contribution is 0.531. The Morgan fingerprint density at radius 3 is 2.79 bits per heavy atom. The van der Waals surface area contributed by atoms with Gasteiger partial charge in [-0.05, 0) is 24.5 Å². The molecule has 0 aliphatic rings. The smallest absolute Gasteiger partial charge is 0.0438 e. The Labute approximate surface area is 89.7 Å². The van der Waals surface area contributed by atoms with E-state index in [-0.39, 0.29) is 6.04 Å². The van der Waals surface area contributed by atoms with E-state index >= 15 is 0 Å². The fourth-order valence-corrected chi connectivity index (χ4v) is 1.55. The van der Waals surface area contributed by atoms with Crippen molar-refractivity contribution in [3.63, 3.8) is 0 Å². The maximum atomic E-state index is 6.03. The van der Waals surface area contributed by atoms with E-state index in [4.69, 9.17) is 17.4 Å². The second kappa shape index (κ2) is 5.81. The maximum Gasteiger partial charge on any atom is 0.0438 e. The van der Waals surface area contributed by atoms with Crippen molar-refractivity contribution in [3.05, 3.63) is 47.5 Å². The van der Waals surface area contributed by atoms with Crippen molar-refractivity contribution < 1.29 is 0 Å². The van der Waals surface area contributed by atoms with Crippen molar-refractivity contribution in [1.82, 2.24) is 5.43 Å². The fraction of sp³-hybridized carbons (Fsp3) is 0.273. The van der Waals surface area contributed by atoms with E-state index in [1.54, 1.807) is 0 Å². The van der Waals surface area contributed by atoms with Gasteiger partial charge in [-0.15, -0.1) is 6.58 Å². The second-order valence-corrected chi connectivity index (χ2v) is 3.59. The number of hydrogen-bond acceptors (Lipinski definition) is 2. The summed E-state index contributed by atoms with van der Waals surface area (Å²) in [7, 11) is 0. The molecular weight excluding hydrogens is 196 g/mol. The molecule has 2 nitrogen and oxygen atoms in total. The monoisotopic (exact) mass is 210 g/mol. The molecule has 0 bridgehead atoms. The SMILES string of the molecule is C=CCC(Cc1ccccc1Cl)NN. The van der Waals surface area contributed by atoms with Crippen molar-refractivity contribution in [2.75, 3.05) is 0 Å². The summed E-state index contributed by atoms with van der Waals surface area (Å²) in [5, 5.41) is 0.789. The van der Waals surface area contributed by atoms with Crippen molar-refractivity contribution in [3.8, 4) is 0 Å². The molecule has 1 aromatic rings. The molecule has 3 N–H and O–H groups in total. The first-order valence-corrected chi connectivity index (χ1v) is 4.96. The van der Waals surface area contributed by atoms with E-state index in [2.05, 4.69) is 12.0 Å². The molecule has 1 aromatic carbocycles. The number of hydrogen-bond donors (Lipinski definition) is 2. The summed E-state index contributed by atoms with van der Waals surface area (Å²) in [6, 6.07) is 7.99. The highest BCUT2D eigenvalue weighted by molar-refractivity contribution is 6.31. The third-order valence-corrected chi connectivity index (χ3v) is 2.48. The van der Waals surface area contributed by atoms with E-state index < -0.39 is 0 Å². The van der Waals surface area contributed by atoms with Crippen LogP contribution in [0.3, 0.4) is 0 Å². The Balaban J connectivity index is 2.66. The number of nitrogens with two attached hydrogens (primary N) is 1. The molecule has 1 atom stereocenters. The van der Waals surface area contributed by atoms with E-state index in [0.717, 1.165) is 23.4 Å². The Morgan fingerprint density at radius 2 is 2.21 bits per heavy atom. The fourth-order valence-electron chi connectivity index (χ4n) is 1.34. The van der Waals surface area contributed by atoms with Gasteiger partial charge in [0.25, 0.3) is 0 Å². The molecule has 0 heterocycles. The van der Waals surface area contributed by atoms with Gasteiger partial charge in [-0.2, -0.15) is 0 Å². The highest BCUT2D eigenvalue weighted by Gasteiger charge is 2.07. The van der Waals surface area contributed by atoms with E-state index in [0.29, 0.717) is 0 Å². The molecule has 0 spiro atoms. The van der Waals surface area contributed by atoms with Gasteiger partial charge in [-0.3, -0.25) is 11.3 Å². The number of nitrogens with one attached hydrogen (secondary N) is 1. The first-order valence-electron chi connectivity index (χ1n) is 4.58. The van der Waals surface area contributed by atoms with Crippen LogP contribution in [0, 0.1) is 0 Å². The number of rotatable bonds is 5. The van der Waals surface area contributed by atoms with Crippen LogP contribution >= 0.6 is 11.6 Å². The number of halogens is 1. The number of hydrazine groups is 1. The second-order valence-electron chi connectivity index (χ2n) is 3.18. The minimum Gasteiger partial charge on any atom is -0.271 e. The van der Waals surface area contributed by atoms with Gasteiger partial charge in [0.15, 0.2) is 0 Å². The van der Waals surface area contributed by atoms with Crippen LogP contribution in [-0.2, 0) is 6.42 Å². The zero-order valence-electron chi connectivity index (χ0n) is 8.04. The molecule has 0 saturated heterocycles. The molecule has 3 heteroatoms. The summed E-state index contributed by atoms with van der Waals surface area (Å²) in [6.07, 6.45) is 3.51. The Hall–Kier alpha value is -0.830. The molecule has 0 fully saturated rings. The maximum absolute atomic E-state index is 6.03. The van der Waals surface area contributed by atoms with Gasteiger partial charge < -0.3 is 0 Å². The molecule has 0 radical (unpaired) electrons. The Morgan fingerprint density at radius 1 is 1.50 bits per heavy atom. The lowest BCUT2D eigenvalue weighted by atomic mass is 10.0. The van der Waals surface area contributed by atoms with Gasteiger partial charge in [0.05, 0.1) is 0 Å². The van der Waals surface area contributed by atoms with Crippen molar-refractivity contribution >= 4 is 11.6 Å². The van der Waals surface area contributed by atoms with Gasteiger partial charge in [0, 0.05) is 11.1 Å².